The Morgan fingerprint density at radius 1 is 1.33 bits per heavy atom. The average molecular weight is 298 g/mol. The third-order valence-corrected chi connectivity index (χ3v) is 3.83. The zero-order valence-electron chi connectivity index (χ0n) is 11.0. The number of hydrogen-bond donors (Lipinski definition) is 1. The molecule has 0 radical (unpaired) electrons. The molecule has 0 bridgehead atoms. The molecular weight excluding hydrogens is 285 g/mol. The molecule has 1 unspecified atom stereocenters. The van der Waals surface area contributed by atoms with Crippen molar-refractivity contribution in [2.75, 3.05) is 24.5 Å². The lowest BCUT2D eigenvalue weighted by molar-refractivity contribution is -0.495. The molecule has 1 aromatic carbocycles. The quantitative estimate of drug-likeness (QED) is 0.746. The minimum Gasteiger partial charge on any atom is -0.495 e. The standard InChI is InChI=1S/C13H13F3N4O/c14-13(15,16)8-2-1-3-9-11(8)12(21)20(17)10-4-5-18-6-7-19(9)10/h1-3,10,18H,4-7H2. The number of anilines is 1. The van der Waals surface area contributed by atoms with Crippen molar-refractivity contribution in [1.29, 1.82) is 0 Å². The van der Waals surface area contributed by atoms with E-state index in [1.54, 1.807) is 4.90 Å². The Bertz CT molecular complexity index is 614. The van der Waals surface area contributed by atoms with Crippen LogP contribution in [0.2, 0.25) is 0 Å². The molecule has 2 heterocycles. The fraction of sp³-hybridized carbons (Fsp3) is 0.462. The van der Waals surface area contributed by atoms with Crippen LogP contribution < -0.4 is 10.2 Å². The van der Waals surface area contributed by atoms with Gasteiger partial charge in [0.05, 0.1) is 11.3 Å². The predicted octanol–water partition coefficient (Wildman–Crippen LogP) is 2.02. The molecule has 3 rings (SSSR count). The molecule has 1 aromatic rings. The fourth-order valence-electron chi connectivity index (χ4n) is 2.89. The van der Waals surface area contributed by atoms with Gasteiger partial charge in [-0.3, -0.25) is 0 Å². The summed E-state index contributed by atoms with van der Waals surface area (Å²) < 4.78 is 39.7. The van der Waals surface area contributed by atoms with E-state index in [1.807, 2.05) is 0 Å². The summed E-state index contributed by atoms with van der Waals surface area (Å²) in [5.74, 6) is -0.999. The number of nitrogens with one attached hydrogen (secondary N) is 1. The average Bonchev–Trinajstić information content (AvgIpc) is 2.69. The van der Waals surface area contributed by atoms with Gasteiger partial charge in [0.25, 0.3) is 0 Å². The van der Waals surface area contributed by atoms with E-state index in [2.05, 4.69) is 5.32 Å². The van der Waals surface area contributed by atoms with E-state index < -0.39 is 29.4 Å². The maximum Gasteiger partial charge on any atom is 0.417 e. The van der Waals surface area contributed by atoms with Crippen LogP contribution in [0.15, 0.2) is 18.2 Å². The third-order valence-electron chi connectivity index (χ3n) is 3.83. The van der Waals surface area contributed by atoms with E-state index in [0.29, 0.717) is 30.8 Å². The minimum absolute atomic E-state index is 0.230. The predicted molar refractivity (Wildman–Crippen MR) is 68.0 cm³/mol. The van der Waals surface area contributed by atoms with Gasteiger partial charge < -0.3 is 15.7 Å². The molecule has 0 aromatic heterocycles. The van der Waals surface area contributed by atoms with Crippen LogP contribution >= 0.6 is 0 Å². The minimum atomic E-state index is -4.64. The molecule has 1 N–H and O–H groups in total. The number of amides is 1. The maximum atomic E-state index is 13.1. The Labute approximate surface area is 118 Å². The van der Waals surface area contributed by atoms with Crippen molar-refractivity contribution in [3.8, 4) is 0 Å². The van der Waals surface area contributed by atoms with E-state index >= 15 is 0 Å². The summed E-state index contributed by atoms with van der Waals surface area (Å²) in [5, 5.41) is 3.10. The second-order valence-electron chi connectivity index (χ2n) is 5.06. The normalized spacial score (nSPS) is 22.6. The molecule has 1 fully saturated rings. The fourth-order valence-corrected chi connectivity index (χ4v) is 2.89. The van der Waals surface area contributed by atoms with Crippen LogP contribution in [-0.2, 0) is 6.18 Å². The number of carbonyl (C=O) groups is 1. The molecule has 21 heavy (non-hydrogen) atoms. The molecule has 1 atom stereocenters. The summed E-state index contributed by atoms with van der Waals surface area (Å²) >= 11 is 0. The summed E-state index contributed by atoms with van der Waals surface area (Å²) in [7, 11) is 0. The van der Waals surface area contributed by atoms with Gasteiger partial charge in [-0.05, 0) is 12.1 Å². The molecule has 2 aliphatic rings. The molecule has 112 valence electrons. The van der Waals surface area contributed by atoms with Crippen molar-refractivity contribution in [3.63, 3.8) is 0 Å². The number of nitrogens with zero attached hydrogens (tertiary/aromatic N) is 3. The van der Waals surface area contributed by atoms with Crippen molar-refractivity contribution in [3.05, 3.63) is 34.9 Å². The van der Waals surface area contributed by atoms with Crippen molar-refractivity contribution in [2.24, 2.45) is 0 Å². The molecule has 2 aliphatic heterocycles. The second-order valence-corrected chi connectivity index (χ2v) is 5.06. The highest BCUT2D eigenvalue weighted by Gasteiger charge is 2.46. The highest BCUT2D eigenvalue weighted by Crippen LogP contribution is 2.39. The highest BCUT2D eigenvalue weighted by atomic mass is 19.4. The van der Waals surface area contributed by atoms with Gasteiger partial charge in [-0.2, -0.15) is 13.2 Å². The molecule has 0 spiro atoms. The number of halogens is 3. The molecule has 0 aliphatic carbocycles. The van der Waals surface area contributed by atoms with Crippen LogP contribution in [0, 0.1) is 0 Å². The number of fused-ring (bicyclic) bond motifs is 3. The SMILES string of the molecule is [N-]=[N+]1C(=O)c2c(cccc2C(F)(F)F)N2CCNCCC21. The van der Waals surface area contributed by atoms with E-state index in [1.165, 1.54) is 12.1 Å². The molecule has 1 saturated heterocycles. The molecule has 1 amide bonds. The first-order valence-electron chi connectivity index (χ1n) is 6.61. The molecule has 0 saturated carbocycles. The Morgan fingerprint density at radius 2 is 2.10 bits per heavy atom. The highest BCUT2D eigenvalue weighted by molar-refractivity contribution is 5.98. The summed E-state index contributed by atoms with van der Waals surface area (Å²) in [4.78, 5) is 13.8. The Balaban J connectivity index is 2.20. The van der Waals surface area contributed by atoms with Crippen LogP contribution in [0.1, 0.15) is 22.3 Å². The number of benzene rings is 1. The number of carbonyl (C=O) groups excluding carboxylic acids is 1. The number of hydrogen-bond acceptors (Lipinski definition) is 3. The van der Waals surface area contributed by atoms with Crippen LogP contribution in [0.5, 0.6) is 0 Å². The number of rotatable bonds is 0. The smallest absolute Gasteiger partial charge is 0.417 e. The van der Waals surface area contributed by atoms with Crippen LogP contribution in [0.4, 0.5) is 18.9 Å². The lowest BCUT2D eigenvalue weighted by Gasteiger charge is -2.35. The molecular formula is C13H13F3N4O. The summed E-state index contributed by atoms with van der Waals surface area (Å²) in [5.41, 5.74) is 8.72. The third kappa shape index (κ3) is 2.19. The molecule has 8 heteroatoms. The van der Waals surface area contributed by atoms with E-state index in [4.69, 9.17) is 0 Å². The van der Waals surface area contributed by atoms with E-state index in [9.17, 15) is 23.5 Å². The maximum absolute atomic E-state index is 13.1. The van der Waals surface area contributed by atoms with E-state index in [-0.39, 0.29) is 5.69 Å². The zero-order chi connectivity index (χ0) is 15.2. The zero-order valence-corrected chi connectivity index (χ0v) is 11.0. The van der Waals surface area contributed by atoms with E-state index in [0.717, 1.165) is 6.07 Å². The first-order chi connectivity index (χ1) is 9.91. The first kappa shape index (κ1) is 14.0. The van der Waals surface area contributed by atoms with Crippen LogP contribution in [-0.4, -0.2) is 36.4 Å². The van der Waals surface area contributed by atoms with Gasteiger partial charge in [0.1, 0.15) is 5.56 Å². The largest absolute Gasteiger partial charge is 0.495 e. The summed E-state index contributed by atoms with van der Waals surface area (Å²) in [6.07, 6.45) is -4.83. The monoisotopic (exact) mass is 298 g/mol. The van der Waals surface area contributed by atoms with Gasteiger partial charge >= 0.3 is 12.1 Å². The van der Waals surface area contributed by atoms with Crippen molar-refractivity contribution >= 4 is 11.6 Å². The summed E-state index contributed by atoms with van der Waals surface area (Å²) in [6, 6.07) is 3.64. The van der Waals surface area contributed by atoms with Crippen LogP contribution in [0.25, 0.3) is 5.53 Å². The van der Waals surface area contributed by atoms with Crippen LogP contribution in [0.3, 0.4) is 0 Å². The Kier molecular flexibility index (Phi) is 3.20. The lowest BCUT2D eigenvalue weighted by Crippen LogP contribution is -2.50. The Morgan fingerprint density at radius 3 is 2.81 bits per heavy atom. The van der Waals surface area contributed by atoms with Gasteiger partial charge in [0.15, 0.2) is 0 Å². The van der Waals surface area contributed by atoms with Gasteiger partial charge in [0, 0.05) is 26.1 Å². The lowest BCUT2D eigenvalue weighted by atomic mass is 9.99. The Hall–Kier alpha value is -1.96. The van der Waals surface area contributed by atoms with Gasteiger partial charge in [-0.25, -0.2) is 9.49 Å². The first-order valence-corrected chi connectivity index (χ1v) is 6.61. The van der Waals surface area contributed by atoms with Crippen molar-refractivity contribution < 1.29 is 22.7 Å². The van der Waals surface area contributed by atoms with Crippen molar-refractivity contribution in [1.82, 2.24) is 5.32 Å². The summed E-state index contributed by atoms with van der Waals surface area (Å²) in [6.45, 7) is 1.58. The van der Waals surface area contributed by atoms with Gasteiger partial charge in [-0.15, -0.1) is 0 Å². The number of alkyl halides is 3. The van der Waals surface area contributed by atoms with Crippen molar-refractivity contribution in [2.45, 2.75) is 18.8 Å². The van der Waals surface area contributed by atoms with Gasteiger partial charge in [0.2, 0.25) is 6.17 Å². The second kappa shape index (κ2) is 4.80. The topological polar surface area (TPSA) is 57.7 Å². The van der Waals surface area contributed by atoms with Gasteiger partial charge in [-0.1, -0.05) is 6.07 Å². The molecule has 5 nitrogen and oxygen atoms in total.